The van der Waals surface area contributed by atoms with E-state index < -0.39 is 0 Å². The molecule has 3 aliphatic rings. The summed E-state index contributed by atoms with van der Waals surface area (Å²) < 4.78 is 1.65. The molecule has 2 aromatic heterocycles. The molecule has 1 aliphatic heterocycles. The third-order valence-electron chi connectivity index (χ3n) is 6.47. The number of amides is 1. The van der Waals surface area contributed by atoms with E-state index in [1.165, 1.54) is 19.3 Å². The first kappa shape index (κ1) is 14.4. The summed E-state index contributed by atoms with van der Waals surface area (Å²) in [5, 5.41) is 13.3. The Morgan fingerprint density at radius 1 is 1.21 bits per heavy atom. The van der Waals surface area contributed by atoms with Crippen LogP contribution in [0.15, 0.2) is 18.6 Å². The predicted octanol–water partition coefficient (Wildman–Crippen LogP) is 1.38. The SMILES string of the molecule is O=C(c1cnn2cc(CCO)cnc12)N1C[C@@H]2[C@@H]3CC[C@@H](C3)[C@@H]2C1. The summed E-state index contributed by atoms with van der Waals surface area (Å²) in [4.78, 5) is 19.4. The van der Waals surface area contributed by atoms with Crippen LogP contribution < -0.4 is 0 Å². The van der Waals surface area contributed by atoms with Crippen molar-refractivity contribution in [3.63, 3.8) is 0 Å². The average Bonchev–Trinajstić information content (AvgIpc) is 3.34. The van der Waals surface area contributed by atoms with Crippen molar-refractivity contribution in [1.82, 2.24) is 19.5 Å². The van der Waals surface area contributed by atoms with Crippen molar-refractivity contribution < 1.29 is 9.90 Å². The van der Waals surface area contributed by atoms with E-state index in [1.54, 1.807) is 16.9 Å². The molecule has 6 nitrogen and oxygen atoms in total. The molecule has 6 heteroatoms. The molecule has 0 spiro atoms. The number of hydrogen-bond donors (Lipinski definition) is 1. The summed E-state index contributed by atoms with van der Waals surface area (Å²) in [6, 6.07) is 0. The number of nitrogens with zero attached hydrogens (tertiary/aromatic N) is 4. The normalized spacial score (nSPS) is 31.1. The van der Waals surface area contributed by atoms with Crippen molar-refractivity contribution in [2.45, 2.75) is 25.7 Å². The highest BCUT2D eigenvalue weighted by molar-refractivity contribution is 5.99. The molecule has 4 atom stereocenters. The zero-order valence-corrected chi connectivity index (χ0v) is 13.6. The third-order valence-corrected chi connectivity index (χ3v) is 6.47. The Bertz CT molecular complexity index is 783. The molecule has 0 unspecified atom stereocenters. The van der Waals surface area contributed by atoms with Gasteiger partial charge < -0.3 is 10.0 Å². The quantitative estimate of drug-likeness (QED) is 0.925. The lowest BCUT2D eigenvalue weighted by atomic mass is 9.82. The molecule has 1 amide bonds. The van der Waals surface area contributed by atoms with E-state index in [1.807, 2.05) is 11.1 Å². The number of aliphatic hydroxyl groups is 1. The van der Waals surface area contributed by atoms with Crippen LogP contribution in [0.5, 0.6) is 0 Å². The number of aliphatic hydroxyl groups excluding tert-OH is 1. The predicted molar refractivity (Wildman–Crippen MR) is 87.5 cm³/mol. The van der Waals surface area contributed by atoms with Gasteiger partial charge >= 0.3 is 0 Å². The molecule has 3 heterocycles. The Balaban J connectivity index is 1.40. The van der Waals surface area contributed by atoms with E-state index in [2.05, 4.69) is 10.1 Å². The van der Waals surface area contributed by atoms with Crippen molar-refractivity contribution >= 4 is 11.6 Å². The largest absolute Gasteiger partial charge is 0.396 e. The van der Waals surface area contributed by atoms with Gasteiger partial charge in [0.1, 0.15) is 5.56 Å². The van der Waals surface area contributed by atoms with Crippen LogP contribution in [-0.4, -0.2) is 50.2 Å². The molecule has 1 N–H and O–H groups in total. The Morgan fingerprint density at radius 3 is 2.67 bits per heavy atom. The molecule has 2 aromatic rings. The molecular weight excluding hydrogens is 304 g/mol. The van der Waals surface area contributed by atoms with Gasteiger partial charge in [-0.15, -0.1) is 0 Å². The van der Waals surface area contributed by atoms with Crippen molar-refractivity contribution in [3.8, 4) is 0 Å². The number of aromatic nitrogens is 3. The van der Waals surface area contributed by atoms with Gasteiger partial charge in [0.05, 0.1) is 6.20 Å². The molecule has 2 saturated carbocycles. The van der Waals surface area contributed by atoms with Gasteiger partial charge in [0.15, 0.2) is 5.65 Å². The van der Waals surface area contributed by atoms with E-state index in [-0.39, 0.29) is 12.5 Å². The molecule has 1 saturated heterocycles. The minimum Gasteiger partial charge on any atom is -0.396 e. The molecule has 2 bridgehead atoms. The second kappa shape index (κ2) is 5.28. The van der Waals surface area contributed by atoms with Gasteiger partial charge in [-0.25, -0.2) is 9.50 Å². The molecule has 24 heavy (non-hydrogen) atoms. The Hall–Kier alpha value is -1.95. The van der Waals surface area contributed by atoms with Crippen LogP contribution in [-0.2, 0) is 6.42 Å². The second-order valence-corrected chi connectivity index (χ2v) is 7.63. The van der Waals surface area contributed by atoms with Crippen LogP contribution in [0, 0.1) is 23.7 Å². The van der Waals surface area contributed by atoms with Crippen molar-refractivity contribution in [2.24, 2.45) is 23.7 Å². The summed E-state index contributed by atoms with van der Waals surface area (Å²) in [7, 11) is 0. The van der Waals surface area contributed by atoms with Crippen LogP contribution in [0.4, 0.5) is 0 Å². The van der Waals surface area contributed by atoms with Gasteiger partial charge in [-0.3, -0.25) is 4.79 Å². The standard InChI is InChI=1S/C18H22N4O2/c23-4-3-11-6-19-17-14(7-20-22(17)8-11)18(24)21-9-15-12-1-2-13(5-12)16(15)10-21/h6-8,12-13,15-16,23H,1-5,9-10H2/t12-,13+,15-,16+. The van der Waals surface area contributed by atoms with Gasteiger partial charge in [-0.1, -0.05) is 0 Å². The van der Waals surface area contributed by atoms with Gasteiger partial charge in [0, 0.05) is 32.1 Å². The first-order valence-corrected chi connectivity index (χ1v) is 8.97. The summed E-state index contributed by atoms with van der Waals surface area (Å²) >= 11 is 0. The van der Waals surface area contributed by atoms with Crippen molar-refractivity contribution in [1.29, 1.82) is 0 Å². The Morgan fingerprint density at radius 2 is 1.96 bits per heavy atom. The van der Waals surface area contributed by atoms with E-state index in [0.29, 0.717) is 17.6 Å². The van der Waals surface area contributed by atoms with E-state index in [9.17, 15) is 4.79 Å². The summed E-state index contributed by atoms with van der Waals surface area (Å²) in [5.41, 5.74) is 2.12. The minimum atomic E-state index is 0.0706. The summed E-state index contributed by atoms with van der Waals surface area (Å²) in [5.74, 6) is 3.21. The van der Waals surface area contributed by atoms with Crippen LogP contribution in [0.25, 0.3) is 5.65 Å². The zero-order valence-electron chi connectivity index (χ0n) is 13.6. The number of fused-ring (bicyclic) bond motifs is 6. The van der Waals surface area contributed by atoms with Crippen LogP contribution in [0.2, 0.25) is 0 Å². The lowest BCUT2D eigenvalue weighted by Gasteiger charge is -2.22. The van der Waals surface area contributed by atoms with Crippen LogP contribution in [0.3, 0.4) is 0 Å². The van der Waals surface area contributed by atoms with Gasteiger partial charge in [0.25, 0.3) is 5.91 Å². The highest BCUT2D eigenvalue weighted by Gasteiger charge is 2.52. The number of carbonyl (C=O) groups excluding carboxylic acids is 1. The number of carbonyl (C=O) groups is 1. The molecule has 3 fully saturated rings. The zero-order chi connectivity index (χ0) is 16.3. The minimum absolute atomic E-state index is 0.0706. The fourth-order valence-electron chi connectivity index (χ4n) is 5.34. The van der Waals surface area contributed by atoms with Crippen LogP contribution in [0.1, 0.15) is 35.2 Å². The third kappa shape index (κ3) is 2.02. The number of likely N-dealkylation sites (tertiary alicyclic amines) is 1. The molecule has 126 valence electrons. The lowest BCUT2D eigenvalue weighted by molar-refractivity contribution is 0.0778. The summed E-state index contributed by atoms with van der Waals surface area (Å²) in [6.07, 6.45) is 9.86. The van der Waals surface area contributed by atoms with Crippen molar-refractivity contribution in [2.75, 3.05) is 19.7 Å². The monoisotopic (exact) mass is 326 g/mol. The van der Waals surface area contributed by atoms with E-state index >= 15 is 0 Å². The van der Waals surface area contributed by atoms with Crippen molar-refractivity contribution in [3.05, 3.63) is 29.7 Å². The topological polar surface area (TPSA) is 70.7 Å². The maximum atomic E-state index is 13.0. The Labute approximate surface area is 140 Å². The molecule has 0 radical (unpaired) electrons. The van der Waals surface area contributed by atoms with Gasteiger partial charge in [-0.2, -0.15) is 5.10 Å². The Kier molecular flexibility index (Phi) is 3.16. The molecule has 2 aliphatic carbocycles. The van der Waals surface area contributed by atoms with Gasteiger partial charge in [0.2, 0.25) is 0 Å². The van der Waals surface area contributed by atoms with Gasteiger partial charge in [-0.05, 0) is 54.9 Å². The molecular formula is C18H22N4O2. The number of hydrogen-bond acceptors (Lipinski definition) is 4. The highest BCUT2D eigenvalue weighted by atomic mass is 16.3. The fraction of sp³-hybridized carbons (Fsp3) is 0.611. The first-order chi connectivity index (χ1) is 11.7. The van der Waals surface area contributed by atoms with Crippen LogP contribution >= 0.6 is 0 Å². The maximum Gasteiger partial charge on any atom is 0.259 e. The second-order valence-electron chi connectivity index (χ2n) is 7.63. The highest BCUT2D eigenvalue weighted by Crippen LogP contribution is 2.55. The molecule has 5 rings (SSSR count). The smallest absolute Gasteiger partial charge is 0.259 e. The molecule has 0 aromatic carbocycles. The number of rotatable bonds is 3. The van der Waals surface area contributed by atoms with E-state index in [4.69, 9.17) is 5.11 Å². The van der Waals surface area contributed by atoms with E-state index in [0.717, 1.165) is 42.3 Å². The first-order valence-electron chi connectivity index (χ1n) is 8.97. The maximum absolute atomic E-state index is 13.0. The lowest BCUT2D eigenvalue weighted by Crippen LogP contribution is -2.30. The average molecular weight is 326 g/mol. The summed E-state index contributed by atoms with van der Waals surface area (Å²) in [6.45, 7) is 1.90. The fourth-order valence-corrected chi connectivity index (χ4v) is 5.34.